The quantitative estimate of drug-likeness (QED) is 0.587. The molecule has 0 radical (unpaired) electrons. The molecule has 31 heavy (non-hydrogen) atoms. The number of rotatable bonds is 2. The number of carbonyl (C=O) groups is 1. The number of benzene rings is 2. The molecule has 3 rings (SSSR count). The first-order valence-electron chi connectivity index (χ1n) is 9.24. The first-order valence-corrected chi connectivity index (χ1v) is 10.7. The average molecular weight is 460 g/mol. The van der Waals surface area contributed by atoms with Crippen molar-refractivity contribution in [3.05, 3.63) is 65.2 Å². The highest BCUT2D eigenvalue weighted by molar-refractivity contribution is 7.85. The Labute approximate surface area is 178 Å². The van der Waals surface area contributed by atoms with Crippen molar-refractivity contribution >= 4 is 16.2 Å². The van der Waals surface area contributed by atoms with Crippen LogP contribution < -0.4 is 5.73 Å². The SMILES string of the molecule is Cc1ccc(S(=O)(=O)O)cc1.NC1CCN(C(=O)O)CC1c1ccc(C(F)(F)F)cc1. The molecule has 0 aromatic heterocycles. The Kier molecular flexibility index (Phi) is 7.68. The van der Waals surface area contributed by atoms with Gasteiger partial charge in [0.25, 0.3) is 10.1 Å². The van der Waals surface area contributed by atoms with Crippen molar-refractivity contribution in [2.45, 2.75) is 36.4 Å². The number of amides is 1. The molecule has 0 spiro atoms. The van der Waals surface area contributed by atoms with Crippen LogP contribution in [0.4, 0.5) is 18.0 Å². The van der Waals surface area contributed by atoms with E-state index in [1.165, 1.54) is 29.2 Å². The molecule has 2 atom stereocenters. The number of hydrogen-bond donors (Lipinski definition) is 3. The van der Waals surface area contributed by atoms with Crippen molar-refractivity contribution in [3.63, 3.8) is 0 Å². The highest BCUT2D eigenvalue weighted by Gasteiger charge is 2.33. The molecule has 1 heterocycles. The van der Waals surface area contributed by atoms with E-state index in [1.54, 1.807) is 12.1 Å². The molecule has 1 fully saturated rings. The van der Waals surface area contributed by atoms with Gasteiger partial charge in [0.15, 0.2) is 0 Å². The minimum atomic E-state index is -4.37. The fourth-order valence-corrected chi connectivity index (χ4v) is 3.61. The molecular weight excluding hydrogens is 437 g/mol. The number of aryl methyl sites for hydroxylation is 1. The van der Waals surface area contributed by atoms with Crippen LogP contribution in [0.3, 0.4) is 0 Å². The molecule has 1 saturated heterocycles. The van der Waals surface area contributed by atoms with Gasteiger partial charge >= 0.3 is 12.3 Å². The Morgan fingerprint density at radius 1 is 1.10 bits per heavy atom. The van der Waals surface area contributed by atoms with Crippen molar-refractivity contribution < 1.29 is 36.0 Å². The third kappa shape index (κ3) is 6.94. The third-order valence-electron chi connectivity index (χ3n) is 4.92. The molecule has 2 aromatic rings. The van der Waals surface area contributed by atoms with Crippen molar-refractivity contribution in [3.8, 4) is 0 Å². The molecule has 2 unspecified atom stereocenters. The van der Waals surface area contributed by atoms with Crippen molar-refractivity contribution in [1.82, 2.24) is 4.90 Å². The number of hydrogen-bond acceptors (Lipinski definition) is 4. The second kappa shape index (κ2) is 9.67. The number of nitrogens with two attached hydrogens (primary N) is 1. The van der Waals surface area contributed by atoms with Gasteiger partial charge in [0.05, 0.1) is 10.5 Å². The molecule has 11 heteroatoms. The number of halogens is 3. The van der Waals surface area contributed by atoms with E-state index in [0.717, 1.165) is 17.7 Å². The van der Waals surface area contributed by atoms with Crippen molar-refractivity contribution in [2.75, 3.05) is 13.1 Å². The normalized spacial score (nSPS) is 19.4. The van der Waals surface area contributed by atoms with E-state index in [9.17, 15) is 26.4 Å². The maximum atomic E-state index is 12.5. The first-order chi connectivity index (χ1) is 14.3. The van der Waals surface area contributed by atoms with Crippen LogP contribution in [-0.4, -0.2) is 48.2 Å². The summed E-state index contributed by atoms with van der Waals surface area (Å²) >= 11 is 0. The maximum absolute atomic E-state index is 12.5. The van der Waals surface area contributed by atoms with E-state index >= 15 is 0 Å². The fraction of sp³-hybridized carbons (Fsp3) is 0.350. The van der Waals surface area contributed by atoms with Crippen molar-refractivity contribution in [2.24, 2.45) is 5.73 Å². The Hall–Kier alpha value is -2.63. The molecular formula is C20H23F3N2O5S. The van der Waals surface area contributed by atoms with Gasteiger partial charge < -0.3 is 15.7 Å². The zero-order valence-corrected chi connectivity index (χ0v) is 17.4. The van der Waals surface area contributed by atoms with E-state index in [2.05, 4.69) is 0 Å². The average Bonchev–Trinajstić information content (AvgIpc) is 2.68. The van der Waals surface area contributed by atoms with Gasteiger partial charge in [-0.2, -0.15) is 21.6 Å². The number of carboxylic acid groups (broad SMARTS) is 1. The van der Waals surface area contributed by atoms with Crippen LogP contribution >= 0.6 is 0 Å². The minimum Gasteiger partial charge on any atom is -0.465 e. The van der Waals surface area contributed by atoms with Crippen LogP contribution in [0.5, 0.6) is 0 Å². The monoisotopic (exact) mass is 460 g/mol. The summed E-state index contributed by atoms with van der Waals surface area (Å²) in [5.74, 6) is -0.276. The smallest absolute Gasteiger partial charge is 0.416 e. The summed E-state index contributed by atoms with van der Waals surface area (Å²) in [7, 11) is -4.02. The number of piperidine rings is 1. The predicted molar refractivity (Wildman–Crippen MR) is 107 cm³/mol. The Balaban J connectivity index is 0.000000262. The van der Waals surface area contributed by atoms with Gasteiger partial charge in [0, 0.05) is 25.0 Å². The maximum Gasteiger partial charge on any atom is 0.416 e. The number of nitrogens with zero attached hydrogens (tertiary/aromatic N) is 1. The zero-order valence-electron chi connectivity index (χ0n) is 16.6. The summed E-state index contributed by atoms with van der Waals surface area (Å²) in [5, 5.41) is 8.98. The highest BCUT2D eigenvalue weighted by atomic mass is 32.2. The molecule has 0 aliphatic carbocycles. The predicted octanol–water partition coefficient (Wildman–Crippen LogP) is 3.74. The van der Waals surface area contributed by atoms with Crippen LogP contribution in [-0.2, 0) is 16.3 Å². The molecule has 4 N–H and O–H groups in total. The molecule has 2 aromatic carbocycles. The summed E-state index contributed by atoms with van der Waals surface area (Å²) in [6.45, 7) is 2.41. The van der Waals surface area contributed by atoms with Crippen LogP contribution in [0.15, 0.2) is 53.4 Å². The topological polar surface area (TPSA) is 121 Å². The summed E-state index contributed by atoms with van der Waals surface area (Å²) < 4.78 is 67.0. The molecule has 1 aliphatic heterocycles. The second-order valence-electron chi connectivity index (χ2n) is 7.20. The number of alkyl halides is 3. The standard InChI is InChI=1S/C13H15F3N2O2.C7H8O3S/c14-13(15,16)9-3-1-8(2-4-9)10-7-18(12(19)20)6-5-11(10)17;1-6-2-4-7(5-3-6)11(8,9)10/h1-4,10-11H,5-7,17H2,(H,19,20);2-5H,1H3,(H,8,9,10). The third-order valence-corrected chi connectivity index (χ3v) is 5.79. The molecule has 7 nitrogen and oxygen atoms in total. The lowest BCUT2D eigenvalue weighted by atomic mass is 9.86. The van der Waals surface area contributed by atoms with E-state index < -0.39 is 28.0 Å². The van der Waals surface area contributed by atoms with Gasteiger partial charge in [-0.05, 0) is 43.2 Å². The minimum absolute atomic E-state index is 0.0666. The summed E-state index contributed by atoms with van der Waals surface area (Å²) in [5.41, 5.74) is 6.83. The van der Waals surface area contributed by atoms with Crippen LogP contribution in [0.1, 0.15) is 29.0 Å². The van der Waals surface area contributed by atoms with E-state index in [0.29, 0.717) is 18.5 Å². The largest absolute Gasteiger partial charge is 0.465 e. The summed E-state index contributed by atoms with van der Waals surface area (Å²) in [6.07, 6.45) is -4.91. The molecule has 1 amide bonds. The van der Waals surface area contributed by atoms with Gasteiger partial charge in [-0.25, -0.2) is 4.79 Å². The fourth-order valence-electron chi connectivity index (χ4n) is 3.13. The lowest BCUT2D eigenvalue weighted by Crippen LogP contribution is -2.47. The van der Waals surface area contributed by atoms with Crippen molar-refractivity contribution in [1.29, 1.82) is 0 Å². The Morgan fingerprint density at radius 3 is 2.10 bits per heavy atom. The lowest BCUT2D eigenvalue weighted by Gasteiger charge is -2.35. The highest BCUT2D eigenvalue weighted by Crippen LogP contribution is 2.32. The zero-order chi connectivity index (χ0) is 23.4. The van der Waals surface area contributed by atoms with Crippen LogP contribution in [0.2, 0.25) is 0 Å². The van der Waals surface area contributed by atoms with Crippen LogP contribution in [0, 0.1) is 6.92 Å². The van der Waals surface area contributed by atoms with Crippen LogP contribution in [0.25, 0.3) is 0 Å². The van der Waals surface area contributed by atoms with E-state index in [4.69, 9.17) is 15.4 Å². The lowest BCUT2D eigenvalue weighted by molar-refractivity contribution is -0.137. The second-order valence-corrected chi connectivity index (χ2v) is 8.62. The van der Waals surface area contributed by atoms with Gasteiger partial charge in [0.1, 0.15) is 0 Å². The van der Waals surface area contributed by atoms with E-state index in [1.807, 2.05) is 6.92 Å². The number of likely N-dealkylation sites (tertiary alicyclic amines) is 1. The summed E-state index contributed by atoms with van der Waals surface area (Å²) in [6, 6.07) is 10.5. The molecule has 170 valence electrons. The summed E-state index contributed by atoms with van der Waals surface area (Å²) in [4.78, 5) is 12.1. The van der Waals surface area contributed by atoms with Gasteiger partial charge in [-0.3, -0.25) is 4.55 Å². The first kappa shape index (κ1) is 24.6. The van der Waals surface area contributed by atoms with Gasteiger partial charge in [0.2, 0.25) is 0 Å². The van der Waals surface area contributed by atoms with Gasteiger partial charge in [-0.15, -0.1) is 0 Å². The van der Waals surface area contributed by atoms with E-state index in [-0.39, 0.29) is 23.4 Å². The Morgan fingerprint density at radius 2 is 1.65 bits per heavy atom. The molecule has 1 aliphatic rings. The molecule has 0 saturated carbocycles. The molecule has 0 bridgehead atoms. The van der Waals surface area contributed by atoms with Gasteiger partial charge in [-0.1, -0.05) is 29.8 Å². The Bertz CT molecular complexity index is 993.